The zero-order chi connectivity index (χ0) is 21.4. The summed E-state index contributed by atoms with van der Waals surface area (Å²) in [5.41, 5.74) is 5.42. The molecular formula is C23H22N4O3. The van der Waals surface area contributed by atoms with Crippen molar-refractivity contribution in [2.45, 2.75) is 13.8 Å². The minimum absolute atomic E-state index is 0.0538. The van der Waals surface area contributed by atoms with E-state index in [1.807, 2.05) is 38.1 Å². The normalized spacial score (nSPS) is 10.9. The van der Waals surface area contributed by atoms with Gasteiger partial charge in [0.1, 0.15) is 18.6 Å². The molecule has 0 aliphatic rings. The Hall–Kier alpha value is -3.87. The van der Waals surface area contributed by atoms with Gasteiger partial charge in [0.2, 0.25) is 0 Å². The molecule has 152 valence electrons. The molecule has 2 heterocycles. The Labute approximate surface area is 173 Å². The van der Waals surface area contributed by atoms with E-state index < -0.39 is 0 Å². The summed E-state index contributed by atoms with van der Waals surface area (Å²) in [4.78, 5) is 38.6. The fourth-order valence-corrected chi connectivity index (χ4v) is 3.79. The van der Waals surface area contributed by atoms with Crippen molar-refractivity contribution >= 4 is 22.7 Å². The Morgan fingerprint density at radius 1 is 1.07 bits per heavy atom. The third kappa shape index (κ3) is 3.04. The minimum atomic E-state index is -0.240. The standard InChI is InChI=1S/C23H22N4O3/c1-13-19(14(2)27(30-4)20(13)23(29)24-3)22-25-17-11-10-16(12-18(17)26-22)21(28)15-8-6-5-7-9-15/h5-12H,1-4H3,(H,24,29)(H,25,26). The Bertz CT molecular complexity index is 1270. The van der Waals surface area contributed by atoms with E-state index in [4.69, 9.17) is 9.82 Å². The number of rotatable bonds is 5. The largest absolute Gasteiger partial charge is 0.417 e. The number of H-pyrrole nitrogens is 1. The van der Waals surface area contributed by atoms with Crippen molar-refractivity contribution in [2.24, 2.45) is 0 Å². The van der Waals surface area contributed by atoms with Crippen LogP contribution in [0.4, 0.5) is 0 Å². The SMILES string of the molecule is CNC(=O)c1c(C)c(-c2nc3cc(C(=O)c4ccccc4)ccc3[nH]2)c(C)n1OC. The highest BCUT2D eigenvalue weighted by molar-refractivity contribution is 6.10. The van der Waals surface area contributed by atoms with Crippen molar-refractivity contribution < 1.29 is 14.4 Å². The fraction of sp³-hybridized carbons (Fsp3) is 0.174. The minimum Gasteiger partial charge on any atom is -0.417 e. The van der Waals surface area contributed by atoms with E-state index in [1.54, 1.807) is 31.3 Å². The first kappa shape index (κ1) is 19.4. The first-order valence-electron chi connectivity index (χ1n) is 9.54. The monoisotopic (exact) mass is 402 g/mol. The van der Waals surface area contributed by atoms with Crippen molar-refractivity contribution in [3.63, 3.8) is 0 Å². The van der Waals surface area contributed by atoms with E-state index in [-0.39, 0.29) is 11.7 Å². The number of amides is 1. The maximum atomic E-state index is 12.8. The van der Waals surface area contributed by atoms with Crippen LogP contribution in [-0.2, 0) is 0 Å². The van der Waals surface area contributed by atoms with Crippen LogP contribution in [0, 0.1) is 13.8 Å². The van der Waals surface area contributed by atoms with Crippen LogP contribution in [0.15, 0.2) is 48.5 Å². The number of hydrogen-bond acceptors (Lipinski definition) is 4. The van der Waals surface area contributed by atoms with E-state index in [1.165, 1.54) is 11.8 Å². The van der Waals surface area contributed by atoms with Gasteiger partial charge in [-0.15, -0.1) is 0 Å². The molecule has 0 bridgehead atoms. The zero-order valence-electron chi connectivity index (χ0n) is 17.2. The topological polar surface area (TPSA) is 89.0 Å². The van der Waals surface area contributed by atoms with Gasteiger partial charge in [-0.1, -0.05) is 30.3 Å². The van der Waals surface area contributed by atoms with Gasteiger partial charge in [-0.3, -0.25) is 9.59 Å². The van der Waals surface area contributed by atoms with Crippen molar-refractivity contribution in [3.8, 4) is 11.4 Å². The molecule has 7 heteroatoms. The first-order valence-corrected chi connectivity index (χ1v) is 9.54. The molecule has 0 spiro atoms. The summed E-state index contributed by atoms with van der Waals surface area (Å²) in [6.07, 6.45) is 0. The van der Waals surface area contributed by atoms with Crippen LogP contribution in [0.2, 0.25) is 0 Å². The molecule has 0 atom stereocenters. The lowest BCUT2D eigenvalue weighted by Crippen LogP contribution is -2.25. The summed E-state index contributed by atoms with van der Waals surface area (Å²) >= 11 is 0. The number of nitrogens with one attached hydrogen (secondary N) is 2. The predicted octanol–water partition coefficient (Wildman–Crippen LogP) is 3.30. The van der Waals surface area contributed by atoms with Crippen molar-refractivity contribution in [3.05, 3.63) is 76.6 Å². The number of ketones is 1. The van der Waals surface area contributed by atoms with Crippen LogP contribution in [0.25, 0.3) is 22.4 Å². The van der Waals surface area contributed by atoms with Crippen LogP contribution in [0.1, 0.15) is 37.7 Å². The molecule has 0 radical (unpaired) electrons. The van der Waals surface area contributed by atoms with E-state index in [2.05, 4.69) is 10.3 Å². The number of imidazole rings is 1. The molecule has 4 aromatic rings. The number of aromatic nitrogens is 3. The number of carbonyl (C=O) groups is 2. The number of carbonyl (C=O) groups excluding carboxylic acids is 2. The van der Waals surface area contributed by atoms with Gasteiger partial charge in [0.15, 0.2) is 5.78 Å². The molecule has 0 saturated carbocycles. The van der Waals surface area contributed by atoms with Crippen molar-refractivity contribution in [2.75, 3.05) is 14.2 Å². The lowest BCUT2D eigenvalue weighted by Gasteiger charge is -2.08. The van der Waals surface area contributed by atoms with Crippen LogP contribution in [0.3, 0.4) is 0 Å². The molecule has 0 aliphatic heterocycles. The summed E-state index contributed by atoms with van der Waals surface area (Å²) in [6, 6.07) is 14.6. The smallest absolute Gasteiger partial charge is 0.271 e. The Morgan fingerprint density at radius 3 is 2.47 bits per heavy atom. The Kier molecular flexibility index (Phi) is 4.87. The molecule has 0 aliphatic carbocycles. The van der Waals surface area contributed by atoms with Gasteiger partial charge in [0, 0.05) is 23.7 Å². The Balaban J connectivity index is 1.81. The van der Waals surface area contributed by atoms with Gasteiger partial charge in [-0.05, 0) is 37.6 Å². The lowest BCUT2D eigenvalue weighted by atomic mass is 10.0. The van der Waals surface area contributed by atoms with Crippen LogP contribution in [0.5, 0.6) is 0 Å². The fourth-order valence-electron chi connectivity index (χ4n) is 3.79. The second kappa shape index (κ2) is 7.51. The van der Waals surface area contributed by atoms with Gasteiger partial charge in [0.25, 0.3) is 5.91 Å². The molecule has 2 aromatic carbocycles. The average Bonchev–Trinajstić information content (AvgIpc) is 3.29. The molecule has 7 nitrogen and oxygen atoms in total. The van der Waals surface area contributed by atoms with Crippen LogP contribution < -0.4 is 10.2 Å². The van der Waals surface area contributed by atoms with Crippen molar-refractivity contribution in [1.82, 2.24) is 20.0 Å². The molecule has 30 heavy (non-hydrogen) atoms. The number of aromatic amines is 1. The molecule has 0 fully saturated rings. The third-order valence-corrected chi connectivity index (χ3v) is 5.24. The van der Waals surface area contributed by atoms with Gasteiger partial charge in [-0.2, -0.15) is 4.73 Å². The van der Waals surface area contributed by atoms with E-state index in [0.717, 1.165) is 22.3 Å². The highest BCUT2D eigenvalue weighted by atomic mass is 16.6. The van der Waals surface area contributed by atoms with Crippen LogP contribution in [-0.4, -0.2) is 40.5 Å². The number of benzene rings is 2. The zero-order valence-corrected chi connectivity index (χ0v) is 17.2. The summed E-state index contributed by atoms with van der Waals surface area (Å²) in [7, 11) is 3.10. The van der Waals surface area contributed by atoms with E-state index in [9.17, 15) is 9.59 Å². The third-order valence-electron chi connectivity index (χ3n) is 5.24. The summed E-state index contributed by atoms with van der Waals surface area (Å²) < 4.78 is 1.50. The Morgan fingerprint density at radius 2 is 1.80 bits per heavy atom. The highest BCUT2D eigenvalue weighted by Gasteiger charge is 2.25. The van der Waals surface area contributed by atoms with E-state index >= 15 is 0 Å². The van der Waals surface area contributed by atoms with E-state index in [0.29, 0.717) is 28.2 Å². The van der Waals surface area contributed by atoms with Gasteiger partial charge in [0.05, 0.1) is 16.7 Å². The summed E-state index contributed by atoms with van der Waals surface area (Å²) in [6.45, 7) is 3.73. The second-order valence-electron chi connectivity index (χ2n) is 7.00. The highest BCUT2D eigenvalue weighted by Crippen LogP contribution is 2.31. The summed E-state index contributed by atoms with van der Waals surface area (Å²) in [5, 5.41) is 2.64. The average molecular weight is 402 g/mol. The molecule has 4 rings (SSSR count). The van der Waals surface area contributed by atoms with Crippen LogP contribution >= 0.6 is 0 Å². The number of fused-ring (bicyclic) bond motifs is 1. The maximum Gasteiger partial charge on any atom is 0.271 e. The quantitative estimate of drug-likeness (QED) is 0.501. The molecular weight excluding hydrogens is 380 g/mol. The second-order valence-corrected chi connectivity index (χ2v) is 7.00. The predicted molar refractivity (Wildman–Crippen MR) is 115 cm³/mol. The maximum absolute atomic E-state index is 12.8. The summed E-state index contributed by atoms with van der Waals surface area (Å²) in [5.74, 6) is 0.322. The van der Waals surface area contributed by atoms with Gasteiger partial charge < -0.3 is 15.1 Å². The van der Waals surface area contributed by atoms with Gasteiger partial charge in [-0.25, -0.2) is 4.98 Å². The molecule has 1 amide bonds. The number of nitrogens with zero attached hydrogens (tertiary/aromatic N) is 2. The van der Waals surface area contributed by atoms with Crippen molar-refractivity contribution in [1.29, 1.82) is 0 Å². The molecule has 0 saturated heterocycles. The first-order chi connectivity index (χ1) is 14.5. The molecule has 0 unspecified atom stereocenters. The molecule has 2 aromatic heterocycles. The number of hydrogen-bond donors (Lipinski definition) is 2. The molecule has 2 N–H and O–H groups in total. The lowest BCUT2D eigenvalue weighted by molar-refractivity contribution is 0.0899. The van der Waals surface area contributed by atoms with Gasteiger partial charge >= 0.3 is 0 Å².